The maximum absolute atomic E-state index is 15.8. The van der Waals surface area contributed by atoms with E-state index in [0.29, 0.717) is 24.6 Å². The second-order valence-corrected chi connectivity index (χ2v) is 10.9. The third-order valence-corrected chi connectivity index (χ3v) is 8.22. The maximum Gasteiger partial charge on any atom is 0.387 e. The lowest BCUT2D eigenvalue weighted by molar-refractivity contribution is -0.0521. The summed E-state index contributed by atoms with van der Waals surface area (Å²) in [6.07, 6.45) is 3.05. The van der Waals surface area contributed by atoms with Gasteiger partial charge in [0.2, 0.25) is 5.91 Å². The van der Waals surface area contributed by atoms with E-state index >= 15 is 8.78 Å². The summed E-state index contributed by atoms with van der Waals surface area (Å²) in [5.74, 6) is -3.75. The number of alkyl halides is 2. The molecule has 41 heavy (non-hydrogen) atoms. The molecule has 0 aromatic heterocycles. The molecule has 218 valence electrons. The maximum atomic E-state index is 15.8. The molecule has 0 spiro atoms. The topological polar surface area (TPSA) is 93.8 Å². The van der Waals surface area contributed by atoms with Crippen molar-refractivity contribution in [2.45, 2.75) is 50.4 Å². The number of hydrogen-bond acceptors (Lipinski definition) is 5. The number of halogens is 5. The molecule has 2 aliphatic rings. The Hall–Kier alpha value is -3.34. The number of nitrogens with two attached hydrogens (primary N) is 1. The van der Waals surface area contributed by atoms with Crippen LogP contribution in [-0.4, -0.2) is 36.8 Å². The Labute approximate surface area is 239 Å². The largest absolute Gasteiger partial charge is 0.480 e. The molecule has 1 heterocycles. The monoisotopic (exact) mass is 592 g/mol. The van der Waals surface area contributed by atoms with E-state index in [-0.39, 0.29) is 29.4 Å². The number of primary amides is 1. The fourth-order valence-electron chi connectivity index (χ4n) is 5.82. The minimum atomic E-state index is -3.35. The summed E-state index contributed by atoms with van der Waals surface area (Å²) >= 11 is 6.40. The number of aliphatic hydroxyl groups is 1. The summed E-state index contributed by atoms with van der Waals surface area (Å²) < 4.78 is 67.7. The first-order valence-corrected chi connectivity index (χ1v) is 13.7. The van der Waals surface area contributed by atoms with Gasteiger partial charge in [-0.25, -0.2) is 8.78 Å². The zero-order chi connectivity index (χ0) is 29.3. The Balaban J connectivity index is 1.58. The standard InChI is InChI=1S/C30H29ClF4N2O4/c31-26-21(32)12-23-20(24(26)25-19(28(36)39)10-11-22(27(25)33)40-29(34)35)13-30(41-23,17-4-2-1-3-5-17)15-37-14-16-6-8-18(38)9-7-16/h1-5,10-12,16,18,29,37-38H,6-9,13-15H2,(H2,36,39)/t16?,18?,30-/m1/s1. The molecule has 0 saturated heterocycles. The van der Waals surface area contributed by atoms with Crippen molar-refractivity contribution >= 4 is 17.5 Å². The Morgan fingerprint density at radius 3 is 2.49 bits per heavy atom. The van der Waals surface area contributed by atoms with Gasteiger partial charge < -0.3 is 25.6 Å². The number of hydrogen-bond donors (Lipinski definition) is 3. The lowest BCUT2D eigenvalue weighted by atomic mass is 9.84. The van der Waals surface area contributed by atoms with E-state index in [4.69, 9.17) is 22.1 Å². The van der Waals surface area contributed by atoms with Crippen molar-refractivity contribution in [3.05, 3.63) is 81.9 Å². The van der Waals surface area contributed by atoms with E-state index in [1.807, 2.05) is 30.3 Å². The third-order valence-electron chi connectivity index (χ3n) is 7.85. The minimum Gasteiger partial charge on any atom is -0.480 e. The number of fused-ring (bicyclic) bond motifs is 1. The molecule has 0 radical (unpaired) electrons. The fourth-order valence-corrected chi connectivity index (χ4v) is 6.09. The van der Waals surface area contributed by atoms with Crippen LogP contribution in [0.15, 0.2) is 48.5 Å². The van der Waals surface area contributed by atoms with Crippen LogP contribution in [0.1, 0.15) is 47.2 Å². The number of benzene rings is 3. The predicted octanol–water partition coefficient (Wildman–Crippen LogP) is 5.96. The highest BCUT2D eigenvalue weighted by molar-refractivity contribution is 6.34. The molecule has 5 rings (SSSR count). The van der Waals surface area contributed by atoms with E-state index < -0.39 is 46.1 Å². The van der Waals surface area contributed by atoms with E-state index in [0.717, 1.165) is 49.4 Å². The van der Waals surface area contributed by atoms with Gasteiger partial charge in [0.15, 0.2) is 17.2 Å². The molecular formula is C30H29ClF4N2O4. The van der Waals surface area contributed by atoms with Crippen LogP contribution >= 0.6 is 11.6 Å². The second-order valence-electron chi connectivity index (χ2n) is 10.5. The lowest BCUT2D eigenvalue weighted by Crippen LogP contribution is -2.44. The molecule has 3 aromatic rings. The van der Waals surface area contributed by atoms with Crippen molar-refractivity contribution < 1.29 is 36.9 Å². The average Bonchev–Trinajstić information content (AvgIpc) is 3.31. The molecule has 0 bridgehead atoms. The highest BCUT2D eigenvalue weighted by Crippen LogP contribution is 2.50. The van der Waals surface area contributed by atoms with Gasteiger partial charge in [0.1, 0.15) is 11.6 Å². The summed E-state index contributed by atoms with van der Waals surface area (Å²) in [4.78, 5) is 12.3. The molecule has 6 nitrogen and oxygen atoms in total. The van der Waals surface area contributed by atoms with Crippen molar-refractivity contribution in [1.82, 2.24) is 5.32 Å². The van der Waals surface area contributed by atoms with Crippen LogP contribution in [-0.2, 0) is 12.0 Å². The molecule has 11 heteroatoms. The average molecular weight is 593 g/mol. The van der Waals surface area contributed by atoms with Crippen LogP contribution in [0, 0.1) is 17.6 Å². The van der Waals surface area contributed by atoms with Crippen LogP contribution in [0.25, 0.3) is 11.1 Å². The predicted molar refractivity (Wildman–Crippen MR) is 145 cm³/mol. The van der Waals surface area contributed by atoms with Gasteiger partial charge in [0, 0.05) is 35.7 Å². The molecule has 3 aromatic carbocycles. The van der Waals surface area contributed by atoms with Crippen LogP contribution in [0.3, 0.4) is 0 Å². The molecule has 1 amide bonds. The van der Waals surface area contributed by atoms with Gasteiger partial charge in [-0.05, 0) is 55.8 Å². The van der Waals surface area contributed by atoms with Crippen molar-refractivity contribution in [2.75, 3.05) is 13.1 Å². The third kappa shape index (κ3) is 5.86. The number of nitrogens with one attached hydrogen (secondary N) is 1. The number of ether oxygens (including phenoxy) is 2. The van der Waals surface area contributed by atoms with Crippen LogP contribution in [0.2, 0.25) is 5.02 Å². The Bertz CT molecular complexity index is 1430. The quantitative estimate of drug-likeness (QED) is 0.267. The van der Waals surface area contributed by atoms with Crippen molar-refractivity contribution in [2.24, 2.45) is 11.7 Å². The van der Waals surface area contributed by atoms with Crippen LogP contribution in [0.4, 0.5) is 17.6 Å². The van der Waals surface area contributed by atoms with E-state index in [9.17, 15) is 18.7 Å². The summed E-state index contributed by atoms with van der Waals surface area (Å²) in [5, 5.41) is 12.8. The zero-order valence-electron chi connectivity index (χ0n) is 21.9. The molecular weight excluding hydrogens is 564 g/mol. The van der Waals surface area contributed by atoms with Gasteiger partial charge in [0.05, 0.1) is 16.7 Å². The van der Waals surface area contributed by atoms with Crippen molar-refractivity contribution in [1.29, 1.82) is 0 Å². The van der Waals surface area contributed by atoms with Gasteiger partial charge in [-0.15, -0.1) is 0 Å². The molecule has 1 saturated carbocycles. The first-order chi connectivity index (χ1) is 19.6. The van der Waals surface area contributed by atoms with Gasteiger partial charge in [-0.1, -0.05) is 41.9 Å². The van der Waals surface area contributed by atoms with E-state index in [1.165, 1.54) is 0 Å². The molecule has 1 aliphatic heterocycles. The SMILES string of the molecule is NC(=O)c1ccc(OC(F)F)c(F)c1-c1c(Cl)c(F)cc2c1C[C@@](CNCC1CCC(O)CC1)(c1ccccc1)O2. The number of rotatable bonds is 9. The molecule has 1 fully saturated rings. The summed E-state index contributed by atoms with van der Waals surface area (Å²) in [6.45, 7) is -2.39. The normalized spacial score (nSPS) is 21.9. The second kappa shape index (κ2) is 11.9. The molecule has 4 N–H and O–H groups in total. The molecule has 1 atom stereocenters. The van der Waals surface area contributed by atoms with E-state index in [2.05, 4.69) is 10.1 Å². The fraction of sp³-hybridized carbons (Fsp3) is 0.367. The molecule has 0 unspecified atom stereocenters. The van der Waals surface area contributed by atoms with Crippen molar-refractivity contribution in [3.63, 3.8) is 0 Å². The Kier molecular flexibility index (Phi) is 8.45. The number of amides is 1. The Morgan fingerprint density at radius 2 is 1.83 bits per heavy atom. The zero-order valence-corrected chi connectivity index (χ0v) is 22.7. The number of aliphatic hydroxyl groups excluding tert-OH is 1. The van der Waals surface area contributed by atoms with Gasteiger partial charge in [-0.3, -0.25) is 4.79 Å². The smallest absolute Gasteiger partial charge is 0.387 e. The summed E-state index contributed by atoms with van der Waals surface area (Å²) in [5.41, 5.74) is 4.35. The first kappa shape index (κ1) is 29.2. The summed E-state index contributed by atoms with van der Waals surface area (Å²) in [7, 11) is 0. The van der Waals surface area contributed by atoms with Gasteiger partial charge in [0.25, 0.3) is 0 Å². The highest BCUT2D eigenvalue weighted by Gasteiger charge is 2.44. The van der Waals surface area contributed by atoms with Crippen LogP contribution < -0.4 is 20.5 Å². The summed E-state index contributed by atoms with van der Waals surface area (Å²) in [6, 6.07) is 12.2. The molecule has 1 aliphatic carbocycles. The van der Waals surface area contributed by atoms with E-state index in [1.54, 1.807) is 0 Å². The number of carbonyl (C=O) groups is 1. The van der Waals surface area contributed by atoms with Crippen LogP contribution in [0.5, 0.6) is 11.5 Å². The first-order valence-electron chi connectivity index (χ1n) is 13.3. The van der Waals surface area contributed by atoms with Gasteiger partial charge in [-0.2, -0.15) is 8.78 Å². The van der Waals surface area contributed by atoms with Crippen molar-refractivity contribution in [3.8, 4) is 22.6 Å². The minimum absolute atomic E-state index is 0.0725. The lowest BCUT2D eigenvalue weighted by Gasteiger charge is -2.32. The highest BCUT2D eigenvalue weighted by atomic mass is 35.5. The number of carbonyl (C=O) groups excluding carboxylic acids is 1. The Morgan fingerprint density at radius 1 is 1.12 bits per heavy atom. The van der Waals surface area contributed by atoms with Gasteiger partial charge >= 0.3 is 6.61 Å².